The van der Waals surface area contributed by atoms with E-state index in [0.29, 0.717) is 22.2 Å². The van der Waals surface area contributed by atoms with Crippen molar-refractivity contribution >= 4 is 34.8 Å². The first-order valence-corrected chi connectivity index (χ1v) is 8.40. The first-order valence-electron chi connectivity index (χ1n) is 7.20. The van der Waals surface area contributed by atoms with Gasteiger partial charge in [-0.05, 0) is 31.2 Å². The molecule has 0 saturated carbocycles. The fraction of sp³-hybridized carbons (Fsp3) is 0.294. The van der Waals surface area contributed by atoms with E-state index in [9.17, 15) is 9.59 Å². The van der Waals surface area contributed by atoms with E-state index in [1.165, 1.54) is 23.3 Å². The van der Waals surface area contributed by atoms with Crippen molar-refractivity contribution in [2.45, 2.75) is 13.5 Å². The van der Waals surface area contributed by atoms with Gasteiger partial charge >= 0.3 is 5.97 Å². The number of methoxy groups -OCH3 is 1. The normalized spacial score (nSPS) is 10.3. The number of carbonyl (C=O) groups excluding carboxylic acids is 2. The van der Waals surface area contributed by atoms with Crippen molar-refractivity contribution in [1.82, 2.24) is 4.90 Å². The molecule has 24 heavy (non-hydrogen) atoms. The van der Waals surface area contributed by atoms with Crippen molar-refractivity contribution in [1.29, 1.82) is 0 Å². The number of ether oxygens (including phenoxy) is 2. The number of benzene rings is 1. The minimum Gasteiger partial charge on any atom is -0.496 e. The third-order valence-electron chi connectivity index (χ3n) is 3.35. The minimum atomic E-state index is -0.587. The zero-order valence-electron chi connectivity index (χ0n) is 13.7. The Morgan fingerprint density at radius 3 is 2.62 bits per heavy atom. The van der Waals surface area contributed by atoms with Crippen LogP contribution in [-0.2, 0) is 16.1 Å². The zero-order chi connectivity index (χ0) is 17.7. The van der Waals surface area contributed by atoms with Crippen LogP contribution in [0.1, 0.15) is 20.8 Å². The summed E-state index contributed by atoms with van der Waals surface area (Å²) < 4.78 is 10.9. The first-order chi connectivity index (χ1) is 11.4. The largest absolute Gasteiger partial charge is 0.496 e. The van der Waals surface area contributed by atoms with Crippen LogP contribution in [0.15, 0.2) is 30.3 Å². The maximum absolute atomic E-state index is 12.2. The van der Waals surface area contributed by atoms with Gasteiger partial charge in [0.25, 0.3) is 5.91 Å². The van der Waals surface area contributed by atoms with E-state index >= 15 is 0 Å². The number of nitrogens with zero attached hydrogens (tertiary/aromatic N) is 1. The van der Waals surface area contributed by atoms with Crippen molar-refractivity contribution in [2.75, 3.05) is 20.8 Å². The summed E-state index contributed by atoms with van der Waals surface area (Å²) in [6, 6.07) is 8.84. The van der Waals surface area contributed by atoms with E-state index in [4.69, 9.17) is 21.1 Å². The molecule has 128 valence electrons. The van der Waals surface area contributed by atoms with Gasteiger partial charge in [-0.3, -0.25) is 4.79 Å². The third-order valence-corrected chi connectivity index (χ3v) is 4.57. The smallest absolute Gasteiger partial charge is 0.342 e. The molecule has 0 aliphatic heterocycles. The SMILES string of the molecule is COc1ccc(C)cc1C(=O)OCC(=O)N(C)Cc1ccc(Cl)s1. The molecule has 1 amide bonds. The number of likely N-dealkylation sites (N-methyl/N-ethyl adjacent to an activating group) is 1. The fourth-order valence-corrected chi connectivity index (χ4v) is 3.20. The molecular formula is C17H18ClNO4S. The zero-order valence-corrected chi connectivity index (χ0v) is 15.2. The lowest BCUT2D eigenvalue weighted by atomic mass is 10.1. The van der Waals surface area contributed by atoms with Crippen molar-refractivity contribution in [2.24, 2.45) is 0 Å². The molecule has 0 radical (unpaired) electrons. The minimum absolute atomic E-state index is 0.292. The Bertz CT molecular complexity index is 744. The lowest BCUT2D eigenvalue weighted by molar-refractivity contribution is -0.133. The Morgan fingerprint density at radius 1 is 1.25 bits per heavy atom. The molecule has 0 fully saturated rings. The van der Waals surface area contributed by atoms with Crippen LogP contribution in [0, 0.1) is 6.92 Å². The Balaban J connectivity index is 1.93. The van der Waals surface area contributed by atoms with Crippen LogP contribution in [0.5, 0.6) is 5.75 Å². The second-order valence-electron chi connectivity index (χ2n) is 5.24. The highest BCUT2D eigenvalue weighted by atomic mass is 35.5. The van der Waals surface area contributed by atoms with E-state index < -0.39 is 5.97 Å². The number of esters is 1. The van der Waals surface area contributed by atoms with E-state index in [1.54, 1.807) is 25.2 Å². The number of hydrogen-bond donors (Lipinski definition) is 0. The molecule has 5 nitrogen and oxygen atoms in total. The molecule has 1 heterocycles. The molecule has 2 aromatic rings. The monoisotopic (exact) mass is 367 g/mol. The summed E-state index contributed by atoms with van der Waals surface area (Å²) in [5.41, 5.74) is 1.21. The van der Waals surface area contributed by atoms with Gasteiger partial charge in [0, 0.05) is 11.9 Å². The second-order valence-corrected chi connectivity index (χ2v) is 7.04. The molecule has 1 aromatic carbocycles. The number of rotatable bonds is 6. The molecule has 0 atom stereocenters. The number of amides is 1. The lowest BCUT2D eigenvalue weighted by Gasteiger charge is -2.16. The van der Waals surface area contributed by atoms with Gasteiger partial charge in [0.15, 0.2) is 6.61 Å². The summed E-state index contributed by atoms with van der Waals surface area (Å²) in [6.45, 7) is 1.95. The van der Waals surface area contributed by atoms with Gasteiger partial charge < -0.3 is 14.4 Å². The highest BCUT2D eigenvalue weighted by Crippen LogP contribution is 2.23. The fourth-order valence-electron chi connectivity index (χ4n) is 2.06. The molecule has 0 N–H and O–H groups in total. The van der Waals surface area contributed by atoms with Crippen molar-refractivity contribution in [3.8, 4) is 5.75 Å². The molecule has 1 aromatic heterocycles. The van der Waals surface area contributed by atoms with Crippen molar-refractivity contribution < 1.29 is 19.1 Å². The maximum atomic E-state index is 12.2. The van der Waals surface area contributed by atoms with Crippen LogP contribution in [0.2, 0.25) is 4.34 Å². The molecular weight excluding hydrogens is 350 g/mol. The highest BCUT2D eigenvalue weighted by molar-refractivity contribution is 7.16. The molecule has 2 rings (SSSR count). The summed E-state index contributed by atoms with van der Waals surface area (Å²) in [5, 5.41) is 0. The Labute approximate surface area is 149 Å². The van der Waals surface area contributed by atoms with Crippen LogP contribution < -0.4 is 4.74 Å². The summed E-state index contributed by atoms with van der Waals surface area (Å²) in [7, 11) is 3.13. The Morgan fingerprint density at radius 2 is 2.00 bits per heavy atom. The van der Waals surface area contributed by atoms with Crippen LogP contribution in [0.25, 0.3) is 0 Å². The van der Waals surface area contributed by atoms with Crippen LogP contribution in [0.4, 0.5) is 0 Å². The van der Waals surface area contributed by atoms with Gasteiger partial charge in [-0.2, -0.15) is 0 Å². The van der Waals surface area contributed by atoms with Crippen LogP contribution >= 0.6 is 22.9 Å². The second kappa shape index (κ2) is 8.17. The van der Waals surface area contributed by atoms with Crippen LogP contribution in [-0.4, -0.2) is 37.5 Å². The average molecular weight is 368 g/mol. The molecule has 0 aliphatic rings. The first kappa shape index (κ1) is 18.3. The van der Waals surface area contributed by atoms with Crippen molar-refractivity contribution in [3.63, 3.8) is 0 Å². The quantitative estimate of drug-likeness (QED) is 0.733. The number of thiophene rings is 1. The Kier molecular flexibility index (Phi) is 6.23. The highest BCUT2D eigenvalue weighted by Gasteiger charge is 2.17. The molecule has 7 heteroatoms. The predicted octanol–water partition coefficient (Wildman–Crippen LogP) is 3.53. The van der Waals surface area contributed by atoms with E-state index in [2.05, 4.69) is 0 Å². The molecule has 0 spiro atoms. The summed E-state index contributed by atoms with van der Waals surface area (Å²) in [6.07, 6.45) is 0. The predicted molar refractivity (Wildman–Crippen MR) is 93.8 cm³/mol. The number of hydrogen-bond acceptors (Lipinski definition) is 5. The Hall–Kier alpha value is -2.05. The summed E-state index contributed by atoms with van der Waals surface area (Å²) in [5.74, 6) is -0.462. The van der Waals surface area contributed by atoms with Gasteiger partial charge in [0.1, 0.15) is 11.3 Å². The third kappa shape index (κ3) is 4.72. The van der Waals surface area contributed by atoms with Gasteiger partial charge in [0.05, 0.1) is 18.0 Å². The van der Waals surface area contributed by atoms with E-state index in [1.807, 2.05) is 19.1 Å². The van der Waals surface area contributed by atoms with Gasteiger partial charge in [0.2, 0.25) is 0 Å². The molecule has 0 aliphatic carbocycles. The van der Waals surface area contributed by atoms with Gasteiger partial charge in [-0.1, -0.05) is 23.2 Å². The van der Waals surface area contributed by atoms with Gasteiger partial charge in [-0.15, -0.1) is 11.3 Å². The lowest BCUT2D eigenvalue weighted by Crippen LogP contribution is -2.30. The van der Waals surface area contributed by atoms with Gasteiger partial charge in [-0.25, -0.2) is 4.79 Å². The molecule has 0 unspecified atom stereocenters. The number of carbonyl (C=O) groups is 2. The average Bonchev–Trinajstić information content (AvgIpc) is 2.97. The summed E-state index contributed by atoms with van der Waals surface area (Å²) in [4.78, 5) is 26.7. The van der Waals surface area contributed by atoms with E-state index in [0.717, 1.165) is 10.4 Å². The van der Waals surface area contributed by atoms with Crippen molar-refractivity contribution in [3.05, 3.63) is 50.7 Å². The standard InChI is InChI=1S/C17H18ClNO4S/c1-11-4-6-14(22-3)13(8-11)17(21)23-10-16(20)19(2)9-12-5-7-15(18)24-12/h4-8H,9-10H2,1-3H3. The number of halogens is 1. The topological polar surface area (TPSA) is 55.8 Å². The van der Waals surface area contributed by atoms with Crippen LogP contribution in [0.3, 0.4) is 0 Å². The van der Waals surface area contributed by atoms with E-state index in [-0.39, 0.29) is 12.5 Å². The molecule has 0 bridgehead atoms. The maximum Gasteiger partial charge on any atom is 0.342 e. The summed E-state index contributed by atoms with van der Waals surface area (Å²) >= 11 is 7.28. The number of aryl methyl sites for hydroxylation is 1. The molecule has 0 saturated heterocycles.